The minimum absolute atomic E-state index is 1.04. The molecular formula is C8H11BrO. The normalized spacial score (nSPS) is 10.2. The summed E-state index contributed by atoms with van der Waals surface area (Å²) in [5.41, 5.74) is 1.21. The first kappa shape index (κ1) is 7.86. The van der Waals surface area contributed by atoms with Crippen LogP contribution in [0.1, 0.15) is 17.7 Å². The first-order valence-corrected chi connectivity index (χ1v) is 4.55. The Kier molecular flexibility index (Phi) is 3.00. The molecule has 1 rings (SSSR count). The highest BCUT2D eigenvalue weighted by Gasteiger charge is 1.96. The van der Waals surface area contributed by atoms with E-state index in [1.165, 1.54) is 5.56 Å². The predicted octanol–water partition coefficient (Wildman–Crippen LogP) is 2.92. The Hall–Kier alpha value is -0.240. The summed E-state index contributed by atoms with van der Waals surface area (Å²) in [6, 6.07) is 2.09. The van der Waals surface area contributed by atoms with Crippen molar-refractivity contribution in [1.29, 1.82) is 0 Å². The van der Waals surface area contributed by atoms with Gasteiger partial charge in [0.2, 0.25) is 0 Å². The fraction of sp³-hybridized carbons (Fsp3) is 0.500. The fourth-order valence-corrected chi connectivity index (χ4v) is 1.14. The van der Waals surface area contributed by atoms with Gasteiger partial charge in [-0.15, -0.1) is 0 Å². The molecule has 0 unspecified atom stereocenters. The molecule has 1 aromatic heterocycles. The average Bonchev–Trinajstić information content (AvgIpc) is 2.31. The van der Waals surface area contributed by atoms with E-state index in [2.05, 4.69) is 22.0 Å². The molecule has 0 saturated carbocycles. The highest BCUT2D eigenvalue weighted by molar-refractivity contribution is 9.09. The minimum Gasteiger partial charge on any atom is -0.469 e. The second kappa shape index (κ2) is 3.81. The van der Waals surface area contributed by atoms with E-state index in [4.69, 9.17) is 4.42 Å². The van der Waals surface area contributed by atoms with Crippen LogP contribution in [0.15, 0.2) is 16.7 Å². The predicted molar refractivity (Wildman–Crippen MR) is 45.6 cm³/mol. The first-order valence-electron chi connectivity index (χ1n) is 3.43. The highest BCUT2D eigenvalue weighted by Crippen LogP contribution is 2.08. The van der Waals surface area contributed by atoms with Crippen LogP contribution in [0.4, 0.5) is 0 Å². The molecule has 0 N–H and O–H groups in total. The second-order valence-electron chi connectivity index (χ2n) is 2.38. The van der Waals surface area contributed by atoms with Crippen LogP contribution in [0.3, 0.4) is 0 Å². The molecule has 0 atom stereocenters. The summed E-state index contributed by atoms with van der Waals surface area (Å²) in [5.74, 6) is 1.09. The van der Waals surface area contributed by atoms with Gasteiger partial charge in [-0.05, 0) is 25.0 Å². The Balaban J connectivity index is 2.42. The monoisotopic (exact) mass is 202 g/mol. The third-order valence-corrected chi connectivity index (χ3v) is 1.90. The smallest absolute Gasteiger partial charge is 0.104 e. The van der Waals surface area contributed by atoms with Gasteiger partial charge in [-0.25, -0.2) is 0 Å². The molecule has 0 aromatic carbocycles. The first-order chi connectivity index (χ1) is 4.83. The summed E-state index contributed by atoms with van der Waals surface area (Å²) in [5, 5.41) is 1.05. The van der Waals surface area contributed by atoms with Crippen LogP contribution in [0, 0.1) is 6.92 Å². The summed E-state index contributed by atoms with van der Waals surface area (Å²) < 4.78 is 5.25. The van der Waals surface area contributed by atoms with Crippen LogP contribution < -0.4 is 0 Å². The van der Waals surface area contributed by atoms with Gasteiger partial charge in [0.25, 0.3) is 0 Å². The lowest BCUT2D eigenvalue weighted by Crippen LogP contribution is -1.80. The van der Waals surface area contributed by atoms with Gasteiger partial charge in [0, 0.05) is 11.8 Å². The summed E-state index contributed by atoms with van der Waals surface area (Å²) in [4.78, 5) is 0. The van der Waals surface area contributed by atoms with Crippen molar-refractivity contribution in [3.63, 3.8) is 0 Å². The topological polar surface area (TPSA) is 13.1 Å². The van der Waals surface area contributed by atoms with Gasteiger partial charge < -0.3 is 4.42 Å². The van der Waals surface area contributed by atoms with Crippen molar-refractivity contribution in [1.82, 2.24) is 0 Å². The van der Waals surface area contributed by atoms with Crippen LogP contribution in [0.5, 0.6) is 0 Å². The van der Waals surface area contributed by atoms with Crippen LogP contribution in [0.25, 0.3) is 0 Å². The quantitative estimate of drug-likeness (QED) is 0.688. The maximum Gasteiger partial charge on any atom is 0.104 e. The average molecular weight is 203 g/mol. The van der Waals surface area contributed by atoms with Crippen molar-refractivity contribution in [3.05, 3.63) is 23.7 Å². The number of hydrogen-bond donors (Lipinski definition) is 0. The standard InChI is InChI=1S/C8H11BrO/c1-7-5-8(10-6-7)3-2-4-9/h5-6H,2-4H2,1H3. The highest BCUT2D eigenvalue weighted by atomic mass is 79.9. The SMILES string of the molecule is Cc1coc(CCCBr)c1. The maximum absolute atomic E-state index is 5.25. The zero-order chi connectivity index (χ0) is 7.40. The molecule has 1 heterocycles. The molecule has 0 bridgehead atoms. The second-order valence-corrected chi connectivity index (χ2v) is 3.18. The number of halogens is 1. The zero-order valence-corrected chi connectivity index (χ0v) is 7.65. The van der Waals surface area contributed by atoms with Gasteiger partial charge in [0.15, 0.2) is 0 Å². The summed E-state index contributed by atoms with van der Waals surface area (Å²) >= 11 is 3.37. The van der Waals surface area contributed by atoms with Crippen LogP contribution in [-0.4, -0.2) is 5.33 Å². The van der Waals surface area contributed by atoms with E-state index >= 15 is 0 Å². The number of alkyl halides is 1. The summed E-state index contributed by atoms with van der Waals surface area (Å²) in [6.07, 6.45) is 3.98. The molecule has 1 aromatic rings. The van der Waals surface area contributed by atoms with E-state index in [9.17, 15) is 0 Å². The molecule has 0 aliphatic rings. The van der Waals surface area contributed by atoms with E-state index in [-0.39, 0.29) is 0 Å². The van der Waals surface area contributed by atoms with Crippen molar-refractivity contribution in [3.8, 4) is 0 Å². The third-order valence-electron chi connectivity index (χ3n) is 1.34. The van der Waals surface area contributed by atoms with Crippen molar-refractivity contribution in [2.75, 3.05) is 5.33 Å². The van der Waals surface area contributed by atoms with Gasteiger partial charge in [0.05, 0.1) is 6.26 Å². The maximum atomic E-state index is 5.25. The van der Waals surface area contributed by atoms with E-state index in [1.807, 2.05) is 6.92 Å². The number of aryl methyl sites for hydroxylation is 2. The van der Waals surface area contributed by atoms with Gasteiger partial charge in [0.1, 0.15) is 5.76 Å². The van der Waals surface area contributed by atoms with E-state index in [0.29, 0.717) is 0 Å². The van der Waals surface area contributed by atoms with Crippen molar-refractivity contribution < 1.29 is 4.42 Å². The van der Waals surface area contributed by atoms with E-state index in [0.717, 1.165) is 23.9 Å². The van der Waals surface area contributed by atoms with Crippen molar-refractivity contribution >= 4 is 15.9 Å². The molecule has 1 nitrogen and oxygen atoms in total. The minimum atomic E-state index is 1.04. The molecule has 10 heavy (non-hydrogen) atoms. The van der Waals surface area contributed by atoms with Gasteiger partial charge in [-0.1, -0.05) is 15.9 Å². The molecule has 0 spiro atoms. The van der Waals surface area contributed by atoms with Crippen LogP contribution in [0.2, 0.25) is 0 Å². The van der Waals surface area contributed by atoms with E-state index < -0.39 is 0 Å². The molecular weight excluding hydrogens is 192 g/mol. The summed E-state index contributed by atoms with van der Waals surface area (Å²) in [7, 11) is 0. The molecule has 0 radical (unpaired) electrons. The Bertz CT molecular complexity index is 193. The largest absolute Gasteiger partial charge is 0.469 e. The van der Waals surface area contributed by atoms with Crippen molar-refractivity contribution in [2.45, 2.75) is 19.8 Å². The lowest BCUT2D eigenvalue weighted by Gasteiger charge is -1.89. The Morgan fingerprint density at radius 2 is 2.40 bits per heavy atom. The Labute approximate surface area is 69.6 Å². The Morgan fingerprint density at radius 3 is 2.90 bits per heavy atom. The molecule has 0 aliphatic carbocycles. The molecule has 0 aliphatic heterocycles. The molecule has 0 saturated heterocycles. The molecule has 56 valence electrons. The van der Waals surface area contributed by atoms with Gasteiger partial charge in [-0.2, -0.15) is 0 Å². The lowest BCUT2D eigenvalue weighted by molar-refractivity contribution is 0.506. The molecule has 0 amide bonds. The zero-order valence-electron chi connectivity index (χ0n) is 6.06. The molecule has 0 fully saturated rings. The van der Waals surface area contributed by atoms with Gasteiger partial charge >= 0.3 is 0 Å². The number of rotatable bonds is 3. The fourth-order valence-electron chi connectivity index (χ4n) is 0.863. The van der Waals surface area contributed by atoms with Gasteiger partial charge in [-0.3, -0.25) is 0 Å². The van der Waals surface area contributed by atoms with Crippen LogP contribution >= 0.6 is 15.9 Å². The lowest BCUT2D eigenvalue weighted by atomic mass is 10.2. The van der Waals surface area contributed by atoms with Crippen molar-refractivity contribution in [2.24, 2.45) is 0 Å². The Morgan fingerprint density at radius 1 is 1.60 bits per heavy atom. The van der Waals surface area contributed by atoms with E-state index in [1.54, 1.807) is 6.26 Å². The third kappa shape index (κ3) is 2.18. The van der Waals surface area contributed by atoms with Crippen LogP contribution in [-0.2, 0) is 6.42 Å². The summed E-state index contributed by atoms with van der Waals surface area (Å²) in [6.45, 7) is 2.04. The number of hydrogen-bond acceptors (Lipinski definition) is 1. The number of furan rings is 1. The molecule has 2 heteroatoms.